The lowest BCUT2D eigenvalue weighted by atomic mass is 10.0. The molecule has 3 N–H and O–H groups in total. The lowest BCUT2D eigenvalue weighted by molar-refractivity contribution is -0.115. The second kappa shape index (κ2) is 8.21. The molecule has 1 aromatic rings. The molecule has 4 amide bonds. The van der Waals surface area contributed by atoms with Crippen molar-refractivity contribution in [1.29, 1.82) is 0 Å². The Morgan fingerprint density at radius 3 is 2.46 bits per heavy atom. The van der Waals surface area contributed by atoms with Crippen LogP contribution >= 0.6 is 0 Å². The number of anilines is 1. The SMILES string of the molecule is C[C@H]1CCCCN1C(=O)c1ccc(NC(=O)CNC(=O)NC2CC2)cc1. The molecule has 26 heavy (non-hydrogen) atoms. The Kier molecular flexibility index (Phi) is 5.75. The van der Waals surface area contributed by atoms with Crippen LogP contribution in [0.25, 0.3) is 0 Å². The highest BCUT2D eigenvalue weighted by Crippen LogP contribution is 2.20. The van der Waals surface area contributed by atoms with E-state index in [1.54, 1.807) is 24.3 Å². The van der Waals surface area contributed by atoms with E-state index < -0.39 is 0 Å². The van der Waals surface area contributed by atoms with E-state index in [4.69, 9.17) is 0 Å². The summed E-state index contributed by atoms with van der Waals surface area (Å²) in [5, 5.41) is 8.00. The Bertz CT molecular complexity index is 670. The number of amides is 4. The van der Waals surface area contributed by atoms with Crippen molar-refractivity contribution in [3.05, 3.63) is 29.8 Å². The van der Waals surface area contributed by atoms with Crippen LogP contribution in [0.4, 0.5) is 10.5 Å². The fraction of sp³-hybridized carbons (Fsp3) is 0.526. The molecule has 1 atom stereocenters. The fourth-order valence-corrected chi connectivity index (χ4v) is 3.09. The standard InChI is InChI=1S/C19H26N4O3/c1-13-4-2-3-11-23(13)18(25)14-5-7-15(8-6-14)21-17(24)12-20-19(26)22-16-9-10-16/h5-8,13,16H,2-4,9-12H2,1H3,(H,21,24)(H2,20,22,26)/t13-/m0/s1. The van der Waals surface area contributed by atoms with Crippen LogP contribution in [-0.2, 0) is 4.79 Å². The van der Waals surface area contributed by atoms with Gasteiger partial charge < -0.3 is 20.9 Å². The maximum atomic E-state index is 12.6. The van der Waals surface area contributed by atoms with Crippen molar-refractivity contribution in [2.45, 2.75) is 51.1 Å². The Morgan fingerprint density at radius 1 is 1.08 bits per heavy atom. The average molecular weight is 358 g/mol. The molecule has 0 spiro atoms. The van der Waals surface area contributed by atoms with Gasteiger partial charge in [-0.25, -0.2) is 4.79 Å². The molecule has 0 unspecified atom stereocenters. The Morgan fingerprint density at radius 2 is 1.81 bits per heavy atom. The maximum absolute atomic E-state index is 12.6. The Labute approximate surface area is 153 Å². The topological polar surface area (TPSA) is 90.5 Å². The number of likely N-dealkylation sites (tertiary alicyclic amines) is 1. The number of carbonyl (C=O) groups excluding carboxylic acids is 3. The number of nitrogens with one attached hydrogen (secondary N) is 3. The molecule has 7 heteroatoms. The summed E-state index contributed by atoms with van der Waals surface area (Å²) in [6.07, 6.45) is 5.26. The third-order valence-corrected chi connectivity index (χ3v) is 4.80. The predicted octanol–water partition coefficient (Wildman–Crippen LogP) is 2.10. The first-order chi connectivity index (χ1) is 12.5. The molecule has 1 saturated heterocycles. The van der Waals surface area contributed by atoms with E-state index in [1.807, 2.05) is 4.90 Å². The van der Waals surface area contributed by atoms with E-state index in [9.17, 15) is 14.4 Å². The number of piperidine rings is 1. The molecule has 0 radical (unpaired) electrons. The van der Waals surface area contributed by atoms with Gasteiger partial charge in [-0.05, 0) is 63.3 Å². The lowest BCUT2D eigenvalue weighted by Crippen LogP contribution is -2.42. The quantitative estimate of drug-likeness (QED) is 0.753. The summed E-state index contributed by atoms with van der Waals surface area (Å²) in [4.78, 5) is 37.9. The van der Waals surface area contributed by atoms with Crippen molar-refractivity contribution in [1.82, 2.24) is 15.5 Å². The molecule has 3 rings (SSSR count). The fourth-order valence-electron chi connectivity index (χ4n) is 3.09. The molecule has 1 aliphatic carbocycles. The first kappa shape index (κ1) is 18.2. The molecule has 2 fully saturated rings. The number of hydrogen-bond donors (Lipinski definition) is 3. The van der Waals surface area contributed by atoms with Gasteiger partial charge in [0.15, 0.2) is 0 Å². The van der Waals surface area contributed by atoms with Gasteiger partial charge in [0.05, 0.1) is 6.54 Å². The molecule has 0 aromatic heterocycles. The van der Waals surface area contributed by atoms with Gasteiger partial charge in [0, 0.05) is 29.9 Å². The van der Waals surface area contributed by atoms with Gasteiger partial charge >= 0.3 is 6.03 Å². The van der Waals surface area contributed by atoms with Crippen LogP contribution in [-0.4, -0.2) is 47.9 Å². The summed E-state index contributed by atoms with van der Waals surface area (Å²) < 4.78 is 0. The summed E-state index contributed by atoms with van der Waals surface area (Å²) in [6, 6.07) is 7.08. The van der Waals surface area contributed by atoms with Gasteiger partial charge in [-0.15, -0.1) is 0 Å². The summed E-state index contributed by atoms with van der Waals surface area (Å²) in [6.45, 7) is 2.79. The number of hydrogen-bond acceptors (Lipinski definition) is 3. The zero-order chi connectivity index (χ0) is 18.5. The summed E-state index contributed by atoms with van der Waals surface area (Å²) in [5.41, 5.74) is 1.22. The third-order valence-electron chi connectivity index (χ3n) is 4.80. The van der Waals surface area contributed by atoms with E-state index in [-0.39, 0.29) is 36.5 Å². The van der Waals surface area contributed by atoms with Crippen molar-refractivity contribution in [2.24, 2.45) is 0 Å². The van der Waals surface area contributed by atoms with Gasteiger partial charge in [0.2, 0.25) is 5.91 Å². The van der Waals surface area contributed by atoms with E-state index in [2.05, 4.69) is 22.9 Å². The van der Waals surface area contributed by atoms with Crippen LogP contribution in [0.1, 0.15) is 49.4 Å². The molecule has 1 aliphatic heterocycles. The molecular weight excluding hydrogens is 332 g/mol. The molecule has 1 aromatic carbocycles. The van der Waals surface area contributed by atoms with Gasteiger partial charge in [-0.2, -0.15) is 0 Å². The summed E-state index contributed by atoms with van der Waals surface area (Å²) in [7, 11) is 0. The molecule has 2 aliphatic rings. The minimum atomic E-state index is -0.320. The molecule has 0 bridgehead atoms. The van der Waals surface area contributed by atoms with Gasteiger partial charge in [-0.1, -0.05) is 0 Å². The third kappa shape index (κ3) is 4.97. The summed E-state index contributed by atoms with van der Waals surface area (Å²) in [5.74, 6) is -0.270. The van der Waals surface area contributed by atoms with Crippen LogP contribution in [0.15, 0.2) is 24.3 Å². The Hall–Kier alpha value is -2.57. The smallest absolute Gasteiger partial charge is 0.315 e. The highest BCUT2D eigenvalue weighted by Gasteiger charge is 2.24. The summed E-state index contributed by atoms with van der Waals surface area (Å²) >= 11 is 0. The van der Waals surface area contributed by atoms with Crippen LogP contribution in [0.3, 0.4) is 0 Å². The van der Waals surface area contributed by atoms with E-state index in [1.165, 1.54) is 6.42 Å². The molecule has 1 saturated carbocycles. The number of benzene rings is 1. The minimum absolute atomic E-state index is 0.0356. The maximum Gasteiger partial charge on any atom is 0.315 e. The average Bonchev–Trinajstić information content (AvgIpc) is 3.44. The second-order valence-electron chi connectivity index (χ2n) is 7.07. The van der Waals surface area contributed by atoms with Gasteiger partial charge in [-0.3, -0.25) is 9.59 Å². The normalized spacial score (nSPS) is 19.6. The van der Waals surface area contributed by atoms with Crippen molar-refractivity contribution < 1.29 is 14.4 Å². The molecular formula is C19H26N4O3. The Balaban J connectivity index is 1.48. The van der Waals surface area contributed by atoms with Gasteiger partial charge in [0.25, 0.3) is 5.91 Å². The molecule has 140 valence electrons. The van der Waals surface area contributed by atoms with Crippen molar-refractivity contribution >= 4 is 23.5 Å². The number of urea groups is 1. The van der Waals surface area contributed by atoms with Crippen LogP contribution in [0, 0.1) is 0 Å². The van der Waals surface area contributed by atoms with E-state index in [0.717, 1.165) is 32.2 Å². The lowest BCUT2D eigenvalue weighted by Gasteiger charge is -2.33. The van der Waals surface area contributed by atoms with Crippen LogP contribution in [0.2, 0.25) is 0 Å². The number of nitrogens with zero attached hydrogens (tertiary/aromatic N) is 1. The zero-order valence-corrected chi connectivity index (χ0v) is 15.1. The monoisotopic (exact) mass is 358 g/mol. The van der Waals surface area contributed by atoms with Gasteiger partial charge in [0.1, 0.15) is 0 Å². The van der Waals surface area contributed by atoms with Crippen molar-refractivity contribution in [3.8, 4) is 0 Å². The minimum Gasteiger partial charge on any atom is -0.336 e. The highest BCUT2D eigenvalue weighted by molar-refractivity contribution is 5.97. The highest BCUT2D eigenvalue weighted by atomic mass is 16.2. The second-order valence-corrected chi connectivity index (χ2v) is 7.07. The van der Waals surface area contributed by atoms with Crippen molar-refractivity contribution in [2.75, 3.05) is 18.4 Å². The first-order valence-corrected chi connectivity index (χ1v) is 9.28. The van der Waals surface area contributed by atoms with Crippen molar-refractivity contribution in [3.63, 3.8) is 0 Å². The van der Waals surface area contributed by atoms with E-state index in [0.29, 0.717) is 11.3 Å². The number of carbonyl (C=O) groups is 3. The van der Waals surface area contributed by atoms with Crippen LogP contribution < -0.4 is 16.0 Å². The largest absolute Gasteiger partial charge is 0.336 e. The predicted molar refractivity (Wildman–Crippen MR) is 99.0 cm³/mol. The van der Waals surface area contributed by atoms with Crippen LogP contribution in [0.5, 0.6) is 0 Å². The van der Waals surface area contributed by atoms with E-state index >= 15 is 0 Å². The molecule has 7 nitrogen and oxygen atoms in total. The molecule has 1 heterocycles. The number of rotatable bonds is 5. The first-order valence-electron chi connectivity index (χ1n) is 9.28. The zero-order valence-electron chi connectivity index (χ0n) is 15.1.